The molecule has 0 rings (SSSR count). The highest BCUT2D eigenvalue weighted by Gasteiger charge is 2.49. The van der Waals surface area contributed by atoms with Crippen LogP contribution in [-0.2, 0) is 14.3 Å². The zero-order valence-corrected chi connectivity index (χ0v) is 8.24. The molecule has 0 radical (unpaired) electrons. The summed E-state index contributed by atoms with van der Waals surface area (Å²) in [4.78, 5) is 21.2. The highest BCUT2D eigenvalue weighted by atomic mass is 19.4. The fourth-order valence-electron chi connectivity index (χ4n) is 0.748. The number of hydrogen-bond donors (Lipinski definition) is 0. The van der Waals surface area contributed by atoms with Crippen molar-refractivity contribution in [1.82, 2.24) is 0 Å². The van der Waals surface area contributed by atoms with Crippen molar-refractivity contribution >= 4 is 11.8 Å². The number of esters is 1. The lowest BCUT2D eigenvalue weighted by atomic mass is 10.1. The van der Waals surface area contributed by atoms with E-state index in [-0.39, 0.29) is 6.61 Å². The van der Waals surface area contributed by atoms with E-state index in [0.29, 0.717) is 0 Å². The molecule has 0 aromatic heterocycles. The monoisotopic (exact) mass is 248 g/mol. The number of hydrogen-bond acceptors (Lipinski definition) is 3. The number of carbonyl (C=O) groups excluding carboxylic acids is 2. The lowest BCUT2D eigenvalue weighted by Gasteiger charge is -2.13. The van der Waals surface area contributed by atoms with E-state index in [1.165, 1.54) is 6.92 Å². The van der Waals surface area contributed by atoms with E-state index in [2.05, 4.69) is 4.74 Å². The van der Waals surface area contributed by atoms with Crippen LogP contribution in [0.3, 0.4) is 0 Å². The van der Waals surface area contributed by atoms with Crippen LogP contribution < -0.4 is 0 Å². The molecule has 0 aliphatic carbocycles. The SMILES string of the molecule is CCOC(=O)C(F)(F)C(=O)CCC(F)(F)F. The summed E-state index contributed by atoms with van der Waals surface area (Å²) in [5.41, 5.74) is 0. The fraction of sp³-hybridized carbons (Fsp3) is 0.750. The molecular formula is C8H9F5O3. The van der Waals surface area contributed by atoms with Gasteiger partial charge in [-0.2, -0.15) is 22.0 Å². The average Bonchev–Trinajstić information content (AvgIpc) is 2.13. The summed E-state index contributed by atoms with van der Waals surface area (Å²) in [6.45, 7) is 0.842. The van der Waals surface area contributed by atoms with Gasteiger partial charge < -0.3 is 4.74 Å². The van der Waals surface area contributed by atoms with Crippen molar-refractivity contribution in [3.8, 4) is 0 Å². The van der Waals surface area contributed by atoms with Crippen molar-refractivity contribution in [2.24, 2.45) is 0 Å². The molecule has 94 valence electrons. The van der Waals surface area contributed by atoms with Gasteiger partial charge in [-0.1, -0.05) is 0 Å². The summed E-state index contributed by atoms with van der Waals surface area (Å²) in [7, 11) is 0. The molecule has 3 nitrogen and oxygen atoms in total. The molecule has 8 heteroatoms. The minimum atomic E-state index is -4.72. The Morgan fingerprint density at radius 1 is 1.12 bits per heavy atom. The first-order valence-corrected chi connectivity index (χ1v) is 4.26. The zero-order valence-electron chi connectivity index (χ0n) is 8.24. The van der Waals surface area contributed by atoms with Gasteiger partial charge in [-0.25, -0.2) is 4.79 Å². The smallest absolute Gasteiger partial charge is 0.399 e. The standard InChI is InChI=1S/C8H9F5O3/c1-2-16-6(15)8(12,13)5(14)3-4-7(9,10)11/h2-4H2,1H3. The van der Waals surface area contributed by atoms with Crippen LogP contribution in [0.1, 0.15) is 19.8 Å². The second-order valence-corrected chi connectivity index (χ2v) is 2.83. The minimum absolute atomic E-state index is 0.388. The van der Waals surface area contributed by atoms with E-state index >= 15 is 0 Å². The molecule has 0 N–H and O–H groups in total. The topological polar surface area (TPSA) is 43.4 Å². The Hall–Kier alpha value is -1.21. The van der Waals surface area contributed by atoms with Crippen molar-refractivity contribution in [3.05, 3.63) is 0 Å². The van der Waals surface area contributed by atoms with Gasteiger partial charge in [0, 0.05) is 6.42 Å². The van der Waals surface area contributed by atoms with E-state index in [9.17, 15) is 31.5 Å². The van der Waals surface area contributed by atoms with Gasteiger partial charge in [0.25, 0.3) is 0 Å². The minimum Gasteiger partial charge on any atom is -0.461 e. The second kappa shape index (κ2) is 5.22. The number of ether oxygens (including phenoxy) is 1. The average molecular weight is 248 g/mol. The first-order valence-electron chi connectivity index (χ1n) is 4.26. The van der Waals surface area contributed by atoms with Crippen LogP contribution in [-0.4, -0.2) is 30.5 Å². The van der Waals surface area contributed by atoms with E-state index in [1.807, 2.05) is 0 Å². The summed E-state index contributed by atoms with van der Waals surface area (Å²) in [6, 6.07) is 0. The van der Waals surface area contributed by atoms with Crippen LogP contribution in [0.4, 0.5) is 22.0 Å². The lowest BCUT2D eigenvalue weighted by Crippen LogP contribution is -2.39. The highest BCUT2D eigenvalue weighted by Crippen LogP contribution is 2.26. The van der Waals surface area contributed by atoms with E-state index in [4.69, 9.17) is 0 Å². The quantitative estimate of drug-likeness (QED) is 0.425. The molecule has 0 fully saturated rings. The third-order valence-electron chi connectivity index (χ3n) is 1.52. The third kappa shape index (κ3) is 4.54. The van der Waals surface area contributed by atoms with Crippen molar-refractivity contribution in [2.45, 2.75) is 31.9 Å². The van der Waals surface area contributed by atoms with Crippen molar-refractivity contribution < 1.29 is 36.3 Å². The predicted molar refractivity (Wildman–Crippen MR) is 41.9 cm³/mol. The molecule has 0 aromatic carbocycles. The molecule has 0 spiro atoms. The van der Waals surface area contributed by atoms with Gasteiger partial charge in [0.05, 0.1) is 13.0 Å². The first kappa shape index (κ1) is 14.8. The molecule has 0 amide bonds. The van der Waals surface area contributed by atoms with E-state index in [1.54, 1.807) is 0 Å². The molecule has 0 bridgehead atoms. The predicted octanol–water partition coefficient (Wildman–Crippen LogP) is 2.10. The summed E-state index contributed by atoms with van der Waals surface area (Å²) in [5.74, 6) is -8.73. The molecule has 0 aliphatic heterocycles. The molecular weight excluding hydrogens is 239 g/mol. The number of carbonyl (C=O) groups is 2. The van der Waals surface area contributed by atoms with Crippen LogP contribution in [0.15, 0.2) is 0 Å². The first-order chi connectivity index (χ1) is 7.11. The maximum absolute atomic E-state index is 12.8. The Bertz CT molecular complexity index is 271. The van der Waals surface area contributed by atoms with Gasteiger partial charge >= 0.3 is 18.1 Å². The van der Waals surface area contributed by atoms with Crippen LogP contribution in [0.5, 0.6) is 0 Å². The van der Waals surface area contributed by atoms with Crippen LogP contribution in [0.25, 0.3) is 0 Å². The normalized spacial score (nSPS) is 12.4. The summed E-state index contributed by atoms with van der Waals surface area (Å²) < 4.78 is 64.4. The molecule has 0 unspecified atom stereocenters. The number of rotatable bonds is 5. The third-order valence-corrected chi connectivity index (χ3v) is 1.52. The fourth-order valence-corrected chi connectivity index (χ4v) is 0.748. The number of alkyl halides is 5. The van der Waals surface area contributed by atoms with Crippen molar-refractivity contribution in [3.63, 3.8) is 0 Å². The molecule has 0 saturated carbocycles. The number of halogens is 5. The van der Waals surface area contributed by atoms with Gasteiger partial charge in [0.2, 0.25) is 5.78 Å². The molecule has 0 heterocycles. The molecule has 16 heavy (non-hydrogen) atoms. The van der Waals surface area contributed by atoms with Gasteiger partial charge in [0.15, 0.2) is 0 Å². The van der Waals surface area contributed by atoms with Gasteiger partial charge in [0.1, 0.15) is 0 Å². The summed E-state index contributed by atoms with van der Waals surface area (Å²) in [6.07, 6.45) is -7.86. The zero-order chi connectivity index (χ0) is 13.0. The van der Waals surface area contributed by atoms with Crippen LogP contribution in [0, 0.1) is 0 Å². The van der Waals surface area contributed by atoms with Gasteiger partial charge in [-0.15, -0.1) is 0 Å². The summed E-state index contributed by atoms with van der Waals surface area (Å²) >= 11 is 0. The van der Waals surface area contributed by atoms with Crippen molar-refractivity contribution in [2.75, 3.05) is 6.61 Å². The molecule has 0 aromatic rings. The lowest BCUT2D eigenvalue weighted by molar-refractivity contribution is -0.179. The van der Waals surface area contributed by atoms with Gasteiger partial charge in [-0.05, 0) is 6.92 Å². The largest absolute Gasteiger partial charge is 0.461 e. The van der Waals surface area contributed by atoms with Gasteiger partial charge in [-0.3, -0.25) is 4.79 Å². The maximum Gasteiger partial charge on any atom is 0.399 e. The summed E-state index contributed by atoms with van der Waals surface area (Å²) in [5, 5.41) is 0. The van der Waals surface area contributed by atoms with Crippen molar-refractivity contribution in [1.29, 1.82) is 0 Å². The molecule has 0 saturated heterocycles. The Kier molecular flexibility index (Phi) is 4.82. The number of Topliss-reactive ketones (excluding diaryl/α,β-unsaturated/α-hetero) is 1. The highest BCUT2D eigenvalue weighted by molar-refractivity contribution is 6.05. The second-order valence-electron chi connectivity index (χ2n) is 2.83. The Morgan fingerprint density at radius 3 is 2.00 bits per heavy atom. The van der Waals surface area contributed by atoms with E-state index < -0.39 is 36.7 Å². The Morgan fingerprint density at radius 2 is 1.62 bits per heavy atom. The Labute approximate surface area is 87.6 Å². The number of ketones is 1. The van der Waals surface area contributed by atoms with Crippen LogP contribution >= 0.6 is 0 Å². The van der Waals surface area contributed by atoms with E-state index in [0.717, 1.165) is 0 Å². The van der Waals surface area contributed by atoms with Crippen LogP contribution in [0.2, 0.25) is 0 Å². The Balaban J connectivity index is 4.41. The molecule has 0 aliphatic rings. The molecule has 0 atom stereocenters. The maximum atomic E-state index is 12.8.